The van der Waals surface area contributed by atoms with Crippen LogP contribution in [0, 0.1) is 23.7 Å². The number of carbonyl (C=O) groups excluding carboxylic acids is 1. The number of aliphatic hydroxyl groups excluding tert-OH is 1. The number of aliphatic hydroxyl groups is 1. The van der Waals surface area contributed by atoms with Crippen LogP contribution >= 0.6 is 0 Å². The first kappa shape index (κ1) is 18.8. The molecule has 20 heavy (non-hydrogen) atoms. The summed E-state index contributed by atoms with van der Waals surface area (Å²) in [4.78, 5) is 11.9. The van der Waals surface area contributed by atoms with Gasteiger partial charge in [-0.2, -0.15) is 0 Å². The molecular weight excluding hydrogens is 254 g/mol. The summed E-state index contributed by atoms with van der Waals surface area (Å²) < 4.78 is 5.24. The zero-order chi connectivity index (χ0) is 15.9. The Morgan fingerprint density at radius 1 is 1.30 bits per heavy atom. The van der Waals surface area contributed by atoms with E-state index in [4.69, 9.17) is 4.74 Å². The average Bonchev–Trinajstić information content (AvgIpc) is 2.24. The van der Waals surface area contributed by atoms with E-state index in [1.807, 2.05) is 41.5 Å². The molecule has 0 saturated heterocycles. The Morgan fingerprint density at radius 2 is 1.85 bits per heavy atom. The van der Waals surface area contributed by atoms with Crippen LogP contribution in [-0.2, 0) is 4.74 Å². The van der Waals surface area contributed by atoms with Crippen molar-refractivity contribution in [2.75, 3.05) is 0 Å². The predicted molar refractivity (Wildman–Crippen MR) is 81.2 cm³/mol. The van der Waals surface area contributed by atoms with E-state index in [1.165, 1.54) is 0 Å². The van der Waals surface area contributed by atoms with Crippen LogP contribution in [0.5, 0.6) is 0 Å². The highest BCUT2D eigenvalue weighted by Gasteiger charge is 2.28. The van der Waals surface area contributed by atoms with Crippen molar-refractivity contribution >= 4 is 6.09 Å². The van der Waals surface area contributed by atoms with Crippen molar-refractivity contribution in [3.63, 3.8) is 0 Å². The molecule has 1 amide bonds. The van der Waals surface area contributed by atoms with Gasteiger partial charge in [0.05, 0.1) is 12.1 Å². The number of ether oxygens (including phenoxy) is 1. The zero-order valence-corrected chi connectivity index (χ0v) is 13.8. The minimum Gasteiger partial charge on any atom is -0.444 e. The molecule has 2 N–H and O–H groups in total. The Morgan fingerprint density at radius 3 is 2.25 bits per heavy atom. The van der Waals surface area contributed by atoms with E-state index in [-0.39, 0.29) is 12.0 Å². The standard InChI is InChI=1S/C16H29NO3/c1-8-9-12(4)14(18)13(10-11(2)3)17-15(19)20-16(5,6)7/h11-14,18H,10H2,1-7H3,(H,17,19)/t12-,13+,14-/m1/s1. The molecule has 0 radical (unpaired) electrons. The van der Waals surface area contributed by atoms with Crippen molar-refractivity contribution in [1.82, 2.24) is 5.32 Å². The average molecular weight is 283 g/mol. The van der Waals surface area contributed by atoms with Gasteiger partial charge in [-0.3, -0.25) is 0 Å². The predicted octanol–water partition coefficient (Wildman–Crippen LogP) is 2.95. The number of nitrogens with one attached hydrogen (secondary N) is 1. The van der Waals surface area contributed by atoms with E-state index in [1.54, 1.807) is 6.92 Å². The first-order valence-electron chi connectivity index (χ1n) is 7.16. The molecule has 0 aliphatic carbocycles. The summed E-state index contributed by atoms with van der Waals surface area (Å²) in [5.74, 6) is 5.88. The number of rotatable bonds is 5. The van der Waals surface area contributed by atoms with Crippen molar-refractivity contribution in [3.05, 3.63) is 0 Å². The number of amides is 1. The Kier molecular flexibility index (Phi) is 7.67. The maximum atomic E-state index is 11.9. The van der Waals surface area contributed by atoms with E-state index in [0.29, 0.717) is 12.3 Å². The third-order valence-electron chi connectivity index (χ3n) is 2.72. The summed E-state index contributed by atoms with van der Waals surface area (Å²) >= 11 is 0. The van der Waals surface area contributed by atoms with Crippen LogP contribution in [0.3, 0.4) is 0 Å². The molecule has 0 unspecified atom stereocenters. The van der Waals surface area contributed by atoms with Gasteiger partial charge in [-0.15, -0.1) is 5.92 Å². The maximum absolute atomic E-state index is 11.9. The molecule has 0 saturated carbocycles. The molecule has 0 heterocycles. The summed E-state index contributed by atoms with van der Waals surface area (Å²) in [7, 11) is 0. The van der Waals surface area contributed by atoms with E-state index >= 15 is 0 Å². The Balaban J connectivity index is 4.79. The second-order valence-corrected chi connectivity index (χ2v) is 6.56. The smallest absolute Gasteiger partial charge is 0.407 e. The molecule has 3 atom stereocenters. The van der Waals surface area contributed by atoms with Gasteiger partial charge in [0.1, 0.15) is 5.60 Å². The van der Waals surface area contributed by atoms with Gasteiger partial charge in [0.25, 0.3) is 0 Å². The molecule has 0 aromatic carbocycles. The molecule has 0 rings (SSSR count). The third kappa shape index (κ3) is 8.06. The SMILES string of the molecule is CC#C[C@@H](C)[C@@H](O)[C@H](CC(C)C)NC(=O)OC(C)(C)C. The molecule has 116 valence electrons. The number of carbonyl (C=O) groups is 1. The number of hydrogen-bond acceptors (Lipinski definition) is 3. The first-order valence-corrected chi connectivity index (χ1v) is 7.16. The van der Waals surface area contributed by atoms with E-state index < -0.39 is 17.8 Å². The van der Waals surface area contributed by atoms with Crippen LogP contribution in [0.15, 0.2) is 0 Å². The lowest BCUT2D eigenvalue weighted by molar-refractivity contribution is 0.0359. The lowest BCUT2D eigenvalue weighted by Crippen LogP contribution is -2.48. The molecule has 0 aromatic heterocycles. The number of hydrogen-bond donors (Lipinski definition) is 2. The fourth-order valence-electron chi connectivity index (χ4n) is 1.91. The monoisotopic (exact) mass is 283 g/mol. The summed E-state index contributed by atoms with van der Waals surface area (Å²) in [6.07, 6.45) is -0.535. The van der Waals surface area contributed by atoms with Gasteiger partial charge in [0, 0.05) is 5.92 Å². The molecule has 0 spiro atoms. The van der Waals surface area contributed by atoms with Crippen LogP contribution in [-0.4, -0.2) is 28.9 Å². The fourth-order valence-corrected chi connectivity index (χ4v) is 1.91. The van der Waals surface area contributed by atoms with Crippen molar-refractivity contribution in [3.8, 4) is 11.8 Å². The van der Waals surface area contributed by atoms with Gasteiger partial charge in [-0.1, -0.05) is 19.8 Å². The maximum Gasteiger partial charge on any atom is 0.407 e. The highest BCUT2D eigenvalue weighted by atomic mass is 16.6. The van der Waals surface area contributed by atoms with E-state index in [2.05, 4.69) is 17.2 Å². The van der Waals surface area contributed by atoms with Crippen molar-refractivity contribution < 1.29 is 14.6 Å². The van der Waals surface area contributed by atoms with Crippen molar-refractivity contribution in [1.29, 1.82) is 0 Å². The zero-order valence-electron chi connectivity index (χ0n) is 13.8. The molecule has 4 nitrogen and oxygen atoms in total. The summed E-state index contributed by atoms with van der Waals surface area (Å²) in [5, 5.41) is 13.1. The van der Waals surface area contributed by atoms with Gasteiger partial charge in [0.15, 0.2) is 0 Å². The summed E-state index contributed by atoms with van der Waals surface area (Å²) in [6.45, 7) is 13.1. The number of alkyl carbamates (subject to hydrolysis) is 1. The highest BCUT2D eigenvalue weighted by Crippen LogP contribution is 2.15. The van der Waals surface area contributed by atoms with E-state index in [9.17, 15) is 9.90 Å². The normalized spacial score (nSPS) is 15.8. The van der Waals surface area contributed by atoms with Crippen molar-refractivity contribution in [2.24, 2.45) is 11.8 Å². The molecule has 4 heteroatoms. The van der Waals surface area contributed by atoms with Gasteiger partial charge in [-0.25, -0.2) is 4.79 Å². The third-order valence-corrected chi connectivity index (χ3v) is 2.72. The Hall–Kier alpha value is -1.21. The lowest BCUT2D eigenvalue weighted by atomic mass is 9.92. The molecule has 0 bridgehead atoms. The lowest BCUT2D eigenvalue weighted by Gasteiger charge is -2.29. The molecule has 0 aromatic rings. The molecular formula is C16H29NO3. The topological polar surface area (TPSA) is 58.6 Å². The van der Waals surface area contributed by atoms with Gasteiger partial charge in [0.2, 0.25) is 0 Å². The van der Waals surface area contributed by atoms with Crippen LogP contribution < -0.4 is 5.32 Å². The summed E-state index contributed by atoms with van der Waals surface area (Å²) in [5.41, 5.74) is -0.549. The molecule has 0 aliphatic rings. The van der Waals surface area contributed by atoms with Crippen LogP contribution in [0.25, 0.3) is 0 Å². The van der Waals surface area contributed by atoms with Gasteiger partial charge in [-0.05, 0) is 47.0 Å². The van der Waals surface area contributed by atoms with Crippen molar-refractivity contribution in [2.45, 2.75) is 72.6 Å². The second kappa shape index (κ2) is 8.16. The van der Waals surface area contributed by atoms with Crippen LogP contribution in [0.4, 0.5) is 4.79 Å². The quantitative estimate of drug-likeness (QED) is 0.763. The van der Waals surface area contributed by atoms with Crippen LogP contribution in [0.2, 0.25) is 0 Å². The minimum atomic E-state index is -0.711. The fraction of sp³-hybridized carbons (Fsp3) is 0.812. The molecule has 0 fully saturated rings. The largest absolute Gasteiger partial charge is 0.444 e. The Bertz CT molecular complexity index is 360. The Labute approximate surface area is 123 Å². The second-order valence-electron chi connectivity index (χ2n) is 6.56. The van der Waals surface area contributed by atoms with Gasteiger partial charge < -0.3 is 15.2 Å². The van der Waals surface area contributed by atoms with Crippen LogP contribution in [0.1, 0.15) is 54.9 Å². The van der Waals surface area contributed by atoms with E-state index in [0.717, 1.165) is 0 Å². The first-order chi connectivity index (χ1) is 9.06. The highest BCUT2D eigenvalue weighted by molar-refractivity contribution is 5.68. The molecule has 0 aliphatic heterocycles. The summed E-state index contributed by atoms with van der Waals surface area (Å²) in [6, 6.07) is -0.360. The van der Waals surface area contributed by atoms with Gasteiger partial charge >= 0.3 is 6.09 Å². The minimum absolute atomic E-state index is 0.196.